The molecule has 212 valence electrons. The van der Waals surface area contributed by atoms with Gasteiger partial charge < -0.3 is 18.6 Å². The third-order valence-electron chi connectivity index (χ3n) is 6.60. The molecule has 9 nitrogen and oxygen atoms in total. The quantitative estimate of drug-likeness (QED) is 0.116. The lowest BCUT2D eigenvalue weighted by Gasteiger charge is -2.23. The molecule has 41 heavy (non-hydrogen) atoms. The molecule has 0 spiro atoms. The van der Waals surface area contributed by atoms with Crippen LogP contribution < -0.4 is 19.8 Å². The summed E-state index contributed by atoms with van der Waals surface area (Å²) in [4.78, 5) is 46.7. The predicted octanol–water partition coefficient (Wildman–Crippen LogP) is 6.49. The number of benzene rings is 2. The van der Waals surface area contributed by atoms with Crippen LogP contribution in [0.5, 0.6) is 11.5 Å². The Morgan fingerprint density at radius 3 is 2.76 bits per heavy atom. The van der Waals surface area contributed by atoms with Crippen LogP contribution >= 0.6 is 22.9 Å². The number of unbranched alkanes of at least 4 members (excludes halogenated alkanes) is 1. The van der Waals surface area contributed by atoms with Crippen LogP contribution in [-0.2, 0) is 4.74 Å². The molecule has 5 rings (SSSR count). The fraction of sp³-hybridized carbons (Fsp3) is 0.267. The topological polar surface area (TPSA) is 108 Å². The van der Waals surface area contributed by atoms with Crippen molar-refractivity contribution >= 4 is 50.9 Å². The molecule has 0 saturated carbocycles. The molecule has 2 aromatic heterocycles. The Morgan fingerprint density at radius 2 is 2.02 bits per heavy atom. The summed E-state index contributed by atoms with van der Waals surface area (Å²) in [6, 6.07) is 8.96. The number of thiazole rings is 1. The van der Waals surface area contributed by atoms with Crippen LogP contribution in [0, 0.1) is 6.92 Å². The van der Waals surface area contributed by atoms with Gasteiger partial charge in [0.15, 0.2) is 22.1 Å². The second kappa shape index (κ2) is 11.8. The number of esters is 1. The molecule has 2 aromatic carbocycles. The summed E-state index contributed by atoms with van der Waals surface area (Å²) < 4.78 is 22.7. The number of ether oxygens (including phenoxy) is 3. The van der Waals surface area contributed by atoms with E-state index in [4.69, 9.17) is 30.2 Å². The first-order valence-electron chi connectivity index (χ1n) is 12.9. The summed E-state index contributed by atoms with van der Waals surface area (Å²) in [5, 5.41) is 0.806. The first-order valence-corrected chi connectivity index (χ1v) is 14.1. The average molecular weight is 595 g/mol. The highest BCUT2D eigenvalue weighted by Crippen LogP contribution is 2.45. The van der Waals surface area contributed by atoms with Crippen LogP contribution in [0.1, 0.15) is 62.9 Å². The minimum absolute atomic E-state index is 0.0300. The van der Waals surface area contributed by atoms with Crippen molar-refractivity contribution in [3.05, 3.63) is 91.8 Å². The van der Waals surface area contributed by atoms with Gasteiger partial charge in [0.1, 0.15) is 17.1 Å². The lowest BCUT2D eigenvalue weighted by Crippen LogP contribution is -2.29. The lowest BCUT2D eigenvalue weighted by atomic mass is 9.98. The number of carbonyl (C=O) groups excluding carboxylic acids is 2. The maximum Gasteiger partial charge on any atom is 0.350 e. The standard InChI is InChI=1S/C30H27ClN2O7S/c1-5-7-13-38-21-10-8-17(14-22(21)37-4)24-23-25(34)19-15-18(31)9-11-20(19)40-26(23)28(35)33(24)30-32-16(3)27(41-30)29(36)39-12-6-2/h6,8-11,14-15,24H,2,5,7,12-13H2,1,3-4H3. The zero-order valence-electron chi connectivity index (χ0n) is 22.7. The minimum atomic E-state index is -0.932. The number of hydrogen-bond acceptors (Lipinski definition) is 9. The van der Waals surface area contributed by atoms with Gasteiger partial charge in [-0.15, -0.1) is 0 Å². The molecule has 11 heteroatoms. The van der Waals surface area contributed by atoms with Crippen LogP contribution in [0.2, 0.25) is 5.02 Å². The van der Waals surface area contributed by atoms with Gasteiger partial charge in [-0.05, 0) is 49.2 Å². The van der Waals surface area contributed by atoms with E-state index in [9.17, 15) is 14.4 Å². The first-order chi connectivity index (χ1) is 19.8. The van der Waals surface area contributed by atoms with E-state index in [-0.39, 0.29) is 38.9 Å². The van der Waals surface area contributed by atoms with Crippen molar-refractivity contribution in [3.63, 3.8) is 0 Å². The number of hydrogen-bond donors (Lipinski definition) is 0. The summed E-state index contributed by atoms with van der Waals surface area (Å²) in [7, 11) is 1.52. The summed E-state index contributed by atoms with van der Waals surface area (Å²) in [6.45, 7) is 7.83. The number of aryl methyl sites for hydroxylation is 1. The highest BCUT2D eigenvalue weighted by Gasteiger charge is 2.45. The molecular weight excluding hydrogens is 568 g/mol. The van der Waals surface area contributed by atoms with Gasteiger partial charge in [0.25, 0.3) is 5.91 Å². The maximum absolute atomic E-state index is 14.0. The molecule has 1 amide bonds. The van der Waals surface area contributed by atoms with Gasteiger partial charge in [0, 0.05) is 5.02 Å². The van der Waals surface area contributed by atoms with Crippen LogP contribution in [-0.4, -0.2) is 37.2 Å². The summed E-state index contributed by atoms with van der Waals surface area (Å²) >= 11 is 7.19. The average Bonchev–Trinajstić information content (AvgIpc) is 3.49. The van der Waals surface area contributed by atoms with Crippen molar-refractivity contribution in [1.82, 2.24) is 4.98 Å². The van der Waals surface area contributed by atoms with E-state index in [1.54, 1.807) is 37.3 Å². The summed E-state index contributed by atoms with van der Waals surface area (Å²) in [5.74, 6) is -0.287. The Kier molecular flexibility index (Phi) is 8.14. The molecule has 1 unspecified atom stereocenters. The fourth-order valence-corrected chi connectivity index (χ4v) is 5.79. The summed E-state index contributed by atoms with van der Waals surface area (Å²) in [5.41, 5.74) is 0.915. The van der Waals surface area contributed by atoms with Gasteiger partial charge in [0.05, 0.1) is 36.4 Å². The number of halogens is 1. The number of anilines is 1. The van der Waals surface area contributed by atoms with Crippen LogP contribution in [0.25, 0.3) is 11.0 Å². The van der Waals surface area contributed by atoms with Gasteiger partial charge in [-0.3, -0.25) is 14.5 Å². The molecule has 4 aromatic rings. The fourth-order valence-electron chi connectivity index (χ4n) is 4.63. The van der Waals surface area contributed by atoms with Gasteiger partial charge in [-0.1, -0.05) is 55.0 Å². The first kappa shape index (κ1) is 28.4. The summed E-state index contributed by atoms with van der Waals surface area (Å²) in [6.07, 6.45) is 3.31. The van der Waals surface area contributed by atoms with Gasteiger partial charge in [-0.25, -0.2) is 9.78 Å². The van der Waals surface area contributed by atoms with Crippen molar-refractivity contribution in [2.75, 3.05) is 25.2 Å². The van der Waals surface area contributed by atoms with Crippen LogP contribution in [0.4, 0.5) is 5.13 Å². The van der Waals surface area contributed by atoms with E-state index in [0.717, 1.165) is 24.2 Å². The Balaban J connectivity index is 1.69. The number of amides is 1. The van der Waals surface area contributed by atoms with E-state index in [1.807, 2.05) is 0 Å². The van der Waals surface area contributed by atoms with Crippen molar-refractivity contribution < 1.29 is 28.2 Å². The minimum Gasteiger partial charge on any atom is -0.493 e. The molecule has 1 atom stereocenters. The monoisotopic (exact) mass is 594 g/mol. The van der Waals surface area contributed by atoms with Crippen LogP contribution in [0.3, 0.4) is 0 Å². The number of aromatic nitrogens is 1. The maximum atomic E-state index is 14.0. The van der Waals surface area contributed by atoms with Gasteiger partial charge in [0.2, 0.25) is 5.76 Å². The Morgan fingerprint density at radius 1 is 1.22 bits per heavy atom. The number of rotatable bonds is 10. The number of fused-ring (bicyclic) bond motifs is 2. The third-order valence-corrected chi connectivity index (χ3v) is 7.97. The van der Waals surface area contributed by atoms with Gasteiger partial charge in [-0.2, -0.15) is 0 Å². The zero-order valence-corrected chi connectivity index (χ0v) is 24.3. The predicted molar refractivity (Wildman–Crippen MR) is 157 cm³/mol. The molecule has 0 saturated heterocycles. The number of nitrogens with zero attached hydrogens (tertiary/aromatic N) is 2. The van der Waals surface area contributed by atoms with Crippen LogP contribution in [0.15, 0.2) is 58.3 Å². The molecule has 1 aliphatic heterocycles. The number of methoxy groups -OCH3 is 1. The SMILES string of the molecule is C=CCOC(=O)c1sc(N2C(=O)c3oc4ccc(Cl)cc4c(=O)c3C2c2ccc(OCCCC)c(OC)c2)nc1C. The molecule has 0 radical (unpaired) electrons. The smallest absolute Gasteiger partial charge is 0.350 e. The van der Waals surface area contributed by atoms with Crippen molar-refractivity contribution in [3.8, 4) is 11.5 Å². The molecule has 1 aliphatic rings. The van der Waals surface area contributed by atoms with E-state index >= 15 is 0 Å². The second-order valence-electron chi connectivity index (χ2n) is 9.30. The highest BCUT2D eigenvalue weighted by atomic mass is 35.5. The Bertz CT molecular complexity index is 1730. The largest absolute Gasteiger partial charge is 0.493 e. The lowest BCUT2D eigenvalue weighted by molar-refractivity contribution is 0.0554. The van der Waals surface area contributed by atoms with E-state index in [2.05, 4.69) is 18.5 Å². The molecule has 3 heterocycles. The normalized spacial score (nSPS) is 14.3. The van der Waals surface area contributed by atoms with Crippen molar-refractivity contribution in [1.29, 1.82) is 0 Å². The Hall–Kier alpha value is -4.15. The highest BCUT2D eigenvalue weighted by molar-refractivity contribution is 7.17. The molecule has 0 bridgehead atoms. The Labute approximate surface area is 244 Å². The molecular formula is C30H27ClN2O7S. The van der Waals surface area contributed by atoms with E-state index in [1.165, 1.54) is 24.2 Å². The molecule has 0 N–H and O–H groups in total. The van der Waals surface area contributed by atoms with Crippen molar-refractivity contribution in [2.45, 2.75) is 32.7 Å². The zero-order chi connectivity index (χ0) is 29.3. The third kappa shape index (κ3) is 5.20. The van der Waals surface area contributed by atoms with E-state index < -0.39 is 23.3 Å². The molecule has 0 aliphatic carbocycles. The second-order valence-corrected chi connectivity index (χ2v) is 10.7. The van der Waals surface area contributed by atoms with Crippen molar-refractivity contribution in [2.24, 2.45) is 0 Å². The number of carbonyl (C=O) groups is 2. The molecule has 0 fully saturated rings. The van der Waals surface area contributed by atoms with E-state index in [0.29, 0.717) is 34.4 Å². The van der Waals surface area contributed by atoms with Gasteiger partial charge >= 0.3 is 5.97 Å².